The summed E-state index contributed by atoms with van der Waals surface area (Å²) < 4.78 is 6.01. The Morgan fingerprint density at radius 2 is 1.50 bits per heavy atom. The first-order valence-corrected chi connectivity index (χ1v) is 10.1. The number of benzene rings is 2. The van der Waals surface area contributed by atoms with Crippen LogP contribution in [-0.4, -0.2) is 42.4 Å². The lowest BCUT2D eigenvalue weighted by atomic mass is 9.74. The minimum Gasteiger partial charge on any atom is -0.369 e. The van der Waals surface area contributed by atoms with E-state index in [1.54, 1.807) is 7.11 Å². The number of rotatable bonds is 1. The highest BCUT2D eigenvalue weighted by atomic mass is 16.5. The Kier molecular flexibility index (Phi) is 4.17. The van der Waals surface area contributed by atoms with Gasteiger partial charge in [0.2, 0.25) is 0 Å². The van der Waals surface area contributed by atoms with Crippen molar-refractivity contribution in [2.75, 3.05) is 26.7 Å². The van der Waals surface area contributed by atoms with E-state index >= 15 is 0 Å². The van der Waals surface area contributed by atoms with Crippen molar-refractivity contribution in [2.24, 2.45) is 5.92 Å². The molecule has 3 aliphatic heterocycles. The number of hydrogen-bond acceptors (Lipinski definition) is 3. The van der Waals surface area contributed by atoms with Crippen LogP contribution in [0.4, 0.5) is 0 Å². The van der Waals surface area contributed by atoms with Gasteiger partial charge in [-0.25, -0.2) is 0 Å². The summed E-state index contributed by atoms with van der Waals surface area (Å²) in [6, 6.07) is 15.9. The van der Waals surface area contributed by atoms with Crippen molar-refractivity contribution in [3.63, 3.8) is 0 Å². The summed E-state index contributed by atoms with van der Waals surface area (Å²) in [6.07, 6.45) is 6.34. The van der Waals surface area contributed by atoms with Crippen LogP contribution in [-0.2, 0) is 10.3 Å². The molecule has 1 N–H and O–H groups in total. The average molecular weight is 371 g/mol. The molecule has 0 aromatic heterocycles. The predicted molar refractivity (Wildman–Crippen MR) is 111 cm³/mol. The van der Waals surface area contributed by atoms with Crippen molar-refractivity contribution >= 4 is 12.2 Å². The summed E-state index contributed by atoms with van der Waals surface area (Å²) in [5.74, 6) is 7.18. The zero-order valence-corrected chi connectivity index (χ0v) is 16.2. The lowest BCUT2D eigenvalue weighted by Gasteiger charge is -2.49. The van der Waals surface area contributed by atoms with Gasteiger partial charge in [0, 0.05) is 30.7 Å². The standard InChI is InChI=1S/C25H25NO2/c1-28-24(18-26-16-12-21(24)13-17-26)14-15-25(27)22-8-4-2-6-19(22)10-11-20-7-3-5-9-23(20)25/h2-11,21,27H,12-13,16-18H2,1H3. The van der Waals surface area contributed by atoms with Gasteiger partial charge < -0.3 is 9.84 Å². The van der Waals surface area contributed by atoms with Gasteiger partial charge >= 0.3 is 0 Å². The lowest BCUT2D eigenvalue weighted by molar-refractivity contribution is -0.0964. The van der Waals surface area contributed by atoms with Gasteiger partial charge in [-0.15, -0.1) is 0 Å². The number of fused-ring (bicyclic) bond motifs is 5. The first kappa shape index (κ1) is 17.7. The van der Waals surface area contributed by atoms with Crippen LogP contribution < -0.4 is 0 Å². The Morgan fingerprint density at radius 1 is 0.929 bits per heavy atom. The van der Waals surface area contributed by atoms with Crippen LogP contribution in [0.1, 0.15) is 35.1 Å². The maximum atomic E-state index is 12.0. The van der Waals surface area contributed by atoms with Crippen LogP contribution in [0.25, 0.3) is 12.2 Å². The van der Waals surface area contributed by atoms with E-state index in [1.807, 2.05) is 48.5 Å². The fraction of sp³-hybridized carbons (Fsp3) is 0.360. The van der Waals surface area contributed by atoms with E-state index in [0.717, 1.165) is 54.7 Å². The second-order valence-electron chi connectivity index (χ2n) is 8.11. The van der Waals surface area contributed by atoms with E-state index in [9.17, 15) is 5.11 Å². The van der Waals surface area contributed by atoms with Crippen LogP contribution in [0.3, 0.4) is 0 Å². The molecule has 1 aliphatic carbocycles. The molecule has 3 heteroatoms. The largest absolute Gasteiger partial charge is 0.369 e. The maximum Gasteiger partial charge on any atom is 0.178 e. The van der Waals surface area contributed by atoms with Crippen molar-refractivity contribution in [1.29, 1.82) is 0 Å². The van der Waals surface area contributed by atoms with Crippen molar-refractivity contribution in [1.82, 2.24) is 4.90 Å². The number of piperidine rings is 3. The Labute approximate surface area is 166 Å². The average Bonchev–Trinajstić information content (AvgIpc) is 2.89. The summed E-state index contributed by atoms with van der Waals surface area (Å²) in [6.45, 7) is 3.06. The van der Waals surface area contributed by atoms with Crippen LogP contribution in [0.5, 0.6) is 0 Å². The summed E-state index contributed by atoms with van der Waals surface area (Å²) in [5, 5.41) is 12.0. The predicted octanol–water partition coefficient (Wildman–Crippen LogP) is 3.52. The van der Waals surface area contributed by atoms with Crippen LogP contribution in [0.15, 0.2) is 48.5 Å². The third-order valence-electron chi connectivity index (χ3n) is 6.67. The van der Waals surface area contributed by atoms with Gasteiger partial charge in [0.15, 0.2) is 5.60 Å². The number of aliphatic hydroxyl groups is 1. The smallest absolute Gasteiger partial charge is 0.178 e. The van der Waals surface area contributed by atoms with Crippen molar-refractivity contribution in [3.8, 4) is 11.8 Å². The van der Waals surface area contributed by atoms with E-state index in [-0.39, 0.29) is 0 Å². The first-order chi connectivity index (χ1) is 13.6. The molecule has 28 heavy (non-hydrogen) atoms. The SMILES string of the molecule is COC1(C#CC2(O)c3ccccc3C=Cc3ccccc32)CN2CCC1CC2. The molecular weight excluding hydrogens is 346 g/mol. The topological polar surface area (TPSA) is 32.7 Å². The number of hydrogen-bond donors (Lipinski definition) is 1. The molecule has 3 saturated heterocycles. The molecule has 1 unspecified atom stereocenters. The van der Waals surface area contributed by atoms with E-state index in [1.165, 1.54) is 0 Å². The van der Waals surface area contributed by atoms with E-state index < -0.39 is 11.2 Å². The van der Waals surface area contributed by atoms with Gasteiger partial charge in [-0.05, 0) is 37.1 Å². The van der Waals surface area contributed by atoms with E-state index in [2.05, 4.69) is 28.9 Å². The molecule has 2 aromatic carbocycles. The van der Waals surface area contributed by atoms with Gasteiger partial charge in [-0.3, -0.25) is 4.90 Å². The first-order valence-electron chi connectivity index (χ1n) is 10.1. The minimum atomic E-state index is -1.37. The molecule has 1 atom stereocenters. The lowest BCUT2D eigenvalue weighted by Crippen LogP contribution is -2.59. The molecule has 3 heterocycles. The Balaban J connectivity index is 1.68. The van der Waals surface area contributed by atoms with Crippen LogP contribution in [0, 0.1) is 17.8 Å². The molecule has 0 saturated carbocycles. The Bertz CT molecular complexity index is 941. The zero-order chi connectivity index (χ0) is 19.2. The summed E-state index contributed by atoms with van der Waals surface area (Å²) in [4.78, 5) is 2.43. The highest BCUT2D eigenvalue weighted by Crippen LogP contribution is 2.40. The van der Waals surface area contributed by atoms with Gasteiger partial charge in [0.05, 0.1) is 0 Å². The number of ether oxygens (including phenoxy) is 1. The minimum absolute atomic E-state index is 0.424. The monoisotopic (exact) mass is 371 g/mol. The van der Waals surface area contributed by atoms with Crippen molar-refractivity contribution < 1.29 is 9.84 Å². The summed E-state index contributed by atoms with van der Waals surface area (Å²) in [7, 11) is 1.76. The van der Waals surface area contributed by atoms with Gasteiger partial charge in [0.25, 0.3) is 0 Å². The molecule has 4 aliphatic rings. The Hall–Kier alpha value is -2.38. The van der Waals surface area contributed by atoms with E-state index in [0.29, 0.717) is 5.92 Å². The van der Waals surface area contributed by atoms with Gasteiger partial charge in [-0.1, -0.05) is 72.5 Å². The molecular formula is C25H25NO2. The molecule has 3 fully saturated rings. The molecule has 0 amide bonds. The highest BCUT2D eigenvalue weighted by molar-refractivity contribution is 5.78. The van der Waals surface area contributed by atoms with Crippen molar-refractivity contribution in [3.05, 3.63) is 70.8 Å². The summed E-state index contributed by atoms with van der Waals surface area (Å²) in [5.41, 5.74) is 1.78. The van der Waals surface area contributed by atoms with Crippen molar-refractivity contribution in [2.45, 2.75) is 24.0 Å². The van der Waals surface area contributed by atoms with Gasteiger partial charge in [0.1, 0.15) is 5.60 Å². The maximum absolute atomic E-state index is 12.0. The number of methoxy groups -OCH3 is 1. The molecule has 142 valence electrons. The highest BCUT2D eigenvalue weighted by Gasteiger charge is 2.47. The van der Waals surface area contributed by atoms with Crippen LogP contribution >= 0.6 is 0 Å². The Morgan fingerprint density at radius 3 is 2.00 bits per heavy atom. The molecule has 0 radical (unpaired) electrons. The summed E-state index contributed by atoms with van der Waals surface area (Å²) >= 11 is 0. The normalized spacial score (nSPS) is 29.2. The molecule has 0 spiro atoms. The molecule has 6 rings (SSSR count). The molecule has 2 aromatic rings. The van der Waals surface area contributed by atoms with Gasteiger partial charge in [-0.2, -0.15) is 0 Å². The molecule has 3 nitrogen and oxygen atoms in total. The second-order valence-corrected chi connectivity index (χ2v) is 8.11. The van der Waals surface area contributed by atoms with Crippen LogP contribution in [0.2, 0.25) is 0 Å². The quantitative estimate of drug-likeness (QED) is 0.779. The molecule has 2 bridgehead atoms. The fourth-order valence-electron chi connectivity index (χ4n) is 5.04. The third-order valence-corrected chi connectivity index (χ3v) is 6.67. The fourth-order valence-corrected chi connectivity index (χ4v) is 5.04. The van der Waals surface area contributed by atoms with E-state index in [4.69, 9.17) is 4.74 Å². The third kappa shape index (κ3) is 2.64. The number of nitrogens with zero attached hydrogens (tertiary/aromatic N) is 1. The zero-order valence-electron chi connectivity index (χ0n) is 16.2. The second kappa shape index (κ2) is 6.60.